The molecule has 0 unspecified atom stereocenters. The van der Waals surface area contributed by atoms with Gasteiger partial charge in [-0.15, -0.1) is 0 Å². The minimum atomic E-state index is -0.338. The minimum Gasteiger partial charge on any atom is -0.484 e. The first-order chi connectivity index (χ1) is 11.1. The number of hydrogen-bond donors (Lipinski definition) is 1. The van der Waals surface area contributed by atoms with E-state index >= 15 is 0 Å². The maximum absolute atomic E-state index is 12.8. The van der Waals surface area contributed by atoms with Gasteiger partial charge < -0.3 is 14.6 Å². The number of imidazole rings is 1. The van der Waals surface area contributed by atoms with Gasteiger partial charge in [0.15, 0.2) is 6.61 Å². The number of carbonyl (C=O) groups is 1. The standard InChI is InChI=1S/C16H17FN4O2/c1-12-10-16-20(8-9-21(16)19-12)7-6-18-15(22)11-23-14-4-2-13(17)3-5-14/h2-5,8-10H,6-7,11H2,1H3,(H,18,22). The number of aromatic nitrogens is 3. The number of aryl methyl sites for hydroxylation is 1. The molecule has 0 aliphatic heterocycles. The van der Waals surface area contributed by atoms with E-state index in [1.807, 2.05) is 30.0 Å². The fourth-order valence-electron chi connectivity index (χ4n) is 2.28. The summed E-state index contributed by atoms with van der Waals surface area (Å²) < 4.78 is 21.9. The molecule has 0 radical (unpaired) electrons. The van der Waals surface area contributed by atoms with Crippen LogP contribution in [0.1, 0.15) is 5.69 Å². The van der Waals surface area contributed by atoms with Crippen LogP contribution in [0, 0.1) is 12.7 Å². The maximum atomic E-state index is 12.8. The van der Waals surface area contributed by atoms with Crippen LogP contribution in [0.4, 0.5) is 4.39 Å². The lowest BCUT2D eigenvalue weighted by atomic mass is 10.3. The highest BCUT2D eigenvalue weighted by Gasteiger charge is 2.05. The maximum Gasteiger partial charge on any atom is 0.258 e. The van der Waals surface area contributed by atoms with Crippen LogP contribution < -0.4 is 10.1 Å². The van der Waals surface area contributed by atoms with Gasteiger partial charge >= 0.3 is 0 Å². The van der Waals surface area contributed by atoms with E-state index in [-0.39, 0.29) is 18.3 Å². The molecule has 3 aromatic rings. The van der Waals surface area contributed by atoms with Gasteiger partial charge in [-0.2, -0.15) is 5.10 Å². The van der Waals surface area contributed by atoms with E-state index in [0.29, 0.717) is 18.8 Å². The average Bonchev–Trinajstić information content (AvgIpc) is 3.07. The molecule has 1 aromatic carbocycles. The van der Waals surface area contributed by atoms with Crippen LogP contribution in [0.3, 0.4) is 0 Å². The lowest BCUT2D eigenvalue weighted by Crippen LogP contribution is -2.31. The van der Waals surface area contributed by atoms with E-state index in [9.17, 15) is 9.18 Å². The van der Waals surface area contributed by atoms with Crippen LogP contribution in [0.25, 0.3) is 5.65 Å². The van der Waals surface area contributed by atoms with Crippen molar-refractivity contribution in [1.29, 1.82) is 0 Å². The largest absolute Gasteiger partial charge is 0.484 e. The predicted molar refractivity (Wildman–Crippen MR) is 82.8 cm³/mol. The van der Waals surface area contributed by atoms with Crippen LogP contribution in [0.2, 0.25) is 0 Å². The van der Waals surface area contributed by atoms with E-state index in [2.05, 4.69) is 10.4 Å². The number of fused-ring (bicyclic) bond motifs is 1. The zero-order valence-corrected chi connectivity index (χ0v) is 12.7. The Morgan fingerprint density at radius 1 is 1.30 bits per heavy atom. The molecule has 0 fully saturated rings. The van der Waals surface area contributed by atoms with Crippen LogP contribution >= 0.6 is 0 Å². The molecule has 0 saturated heterocycles. The third kappa shape index (κ3) is 3.68. The summed E-state index contributed by atoms with van der Waals surface area (Å²) in [5.74, 6) is -0.0967. The van der Waals surface area contributed by atoms with Gasteiger partial charge in [-0.05, 0) is 31.2 Å². The SMILES string of the molecule is Cc1cc2n(CCNC(=O)COc3ccc(F)cc3)ccn2n1. The second-order valence-electron chi connectivity index (χ2n) is 5.17. The van der Waals surface area contributed by atoms with E-state index in [4.69, 9.17) is 4.74 Å². The number of rotatable bonds is 6. The van der Waals surface area contributed by atoms with Gasteiger partial charge in [-0.1, -0.05) is 0 Å². The Balaban J connectivity index is 1.44. The number of halogens is 1. The molecule has 1 amide bonds. The van der Waals surface area contributed by atoms with Crippen molar-refractivity contribution in [3.8, 4) is 5.75 Å². The molecule has 0 aliphatic rings. The van der Waals surface area contributed by atoms with Crippen LogP contribution in [0.5, 0.6) is 5.75 Å². The number of carbonyl (C=O) groups excluding carboxylic acids is 1. The van der Waals surface area contributed by atoms with E-state index in [0.717, 1.165) is 11.3 Å². The Labute approximate surface area is 132 Å². The molecule has 0 aliphatic carbocycles. The molecule has 7 heteroatoms. The normalized spacial score (nSPS) is 10.9. The lowest BCUT2D eigenvalue weighted by Gasteiger charge is -2.08. The minimum absolute atomic E-state index is 0.0987. The number of nitrogens with one attached hydrogen (secondary N) is 1. The zero-order valence-electron chi connectivity index (χ0n) is 12.7. The Kier molecular flexibility index (Phi) is 4.27. The van der Waals surface area contributed by atoms with Crippen LogP contribution in [-0.2, 0) is 11.3 Å². The molecule has 0 saturated carbocycles. The quantitative estimate of drug-likeness (QED) is 0.754. The van der Waals surface area contributed by atoms with Crippen molar-refractivity contribution in [2.75, 3.05) is 13.2 Å². The molecule has 2 heterocycles. The summed E-state index contributed by atoms with van der Waals surface area (Å²) >= 11 is 0. The lowest BCUT2D eigenvalue weighted by molar-refractivity contribution is -0.123. The van der Waals surface area contributed by atoms with Gasteiger partial charge in [0.25, 0.3) is 5.91 Å². The first-order valence-corrected chi connectivity index (χ1v) is 7.28. The highest BCUT2D eigenvalue weighted by Crippen LogP contribution is 2.10. The molecular weight excluding hydrogens is 299 g/mol. The molecule has 6 nitrogen and oxygen atoms in total. The molecular formula is C16H17FN4O2. The van der Waals surface area contributed by atoms with Crippen molar-refractivity contribution in [2.45, 2.75) is 13.5 Å². The second-order valence-corrected chi connectivity index (χ2v) is 5.17. The number of benzene rings is 1. The fraction of sp³-hybridized carbons (Fsp3) is 0.250. The highest BCUT2D eigenvalue weighted by molar-refractivity contribution is 5.77. The highest BCUT2D eigenvalue weighted by atomic mass is 19.1. The van der Waals surface area contributed by atoms with Crippen molar-refractivity contribution in [1.82, 2.24) is 19.5 Å². The molecule has 2 aromatic heterocycles. The number of hydrogen-bond acceptors (Lipinski definition) is 3. The van der Waals surface area contributed by atoms with Crippen molar-refractivity contribution < 1.29 is 13.9 Å². The van der Waals surface area contributed by atoms with Crippen LogP contribution in [0.15, 0.2) is 42.7 Å². The zero-order chi connectivity index (χ0) is 16.2. The van der Waals surface area contributed by atoms with Crippen molar-refractivity contribution >= 4 is 11.6 Å². The topological polar surface area (TPSA) is 60.6 Å². The predicted octanol–water partition coefficient (Wildman–Crippen LogP) is 1.78. The smallest absolute Gasteiger partial charge is 0.258 e. The first-order valence-electron chi connectivity index (χ1n) is 7.28. The Hall–Kier alpha value is -2.83. The number of amides is 1. The van der Waals surface area contributed by atoms with Gasteiger partial charge in [0, 0.05) is 31.5 Å². The Bertz CT molecular complexity index is 807. The second kappa shape index (κ2) is 6.51. The molecule has 120 valence electrons. The molecule has 23 heavy (non-hydrogen) atoms. The van der Waals surface area contributed by atoms with Crippen LogP contribution in [-0.4, -0.2) is 33.2 Å². The van der Waals surface area contributed by atoms with Gasteiger partial charge in [0.2, 0.25) is 0 Å². The first kappa shape index (κ1) is 15.1. The summed E-state index contributed by atoms with van der Waals surface area (Å²) in [6, 6.07) is 7.54. The third-order valence-electron chi connectivity index (χ3n) is 3.38. The van der Waals surface area contributed by atoms with Gasteiger partial charge in [-0.3, -0.25) is 4.79 Å². The summed E-state index contributed by atoms with van der Waals surface area (Å²) in [5, 5.41) is 7.09. The molecule has 0 spiro atoms. The van der Waals surface area contributed by atoms with Gasteiger partial charge in [-0.25, -0.2) is 8.91 Å². The average molecular weight is 316 g/mol. The van der Waals surface area contributed by atoms with Crippen molar-refractivity contribution in [2.24, 2.45) is 0 Å². The summed E-state index contributed by atoms with van der Waals surface area (Å²) in [5.41, 5.74) is 1.94. The number of ether oxygens (including phenoxy) is 1. The monoisotopic (exact) mass is 316 g/mol. The molecule has 0 atom stereocenters. The summed E-state index contributed by atoms with van der Waals surface area (Å²) in [7, 11) is 0. The van der Waals surface area contributed by atoms with E-state index in [1.165, 1.54) is 24.3 Å². The fourth-order valence-corrected chi connectivity index (χ4v) is 2.28. The molecule has 1 N–H and O–H groups in total. The Morgan fingerprint density at radius 2 is 2.09 bits per heavy atom. The van der Waals surface area contributed by atoms with E-state index < -0.39 is 0 Å². The summed E-state index contributed by atoms with van der Waals surface area (Å²) in [6.07, 6.45) is 3.80. The van der Waals surface area contributed by atoms with Crippen molar-refractivity contribution in [3.63, 3.8) is 0 Å². The van der Waals surface area contributed by atoms with Gasteiger partial charge in [0.1, 0.15) is 17.2 Å². The summed E-state index contributed by atoms with van der Waals surface area (Å²) in [6.45, 7) is 2.97. The molecule has 3 rings (SSSR count). The third-order valence-corrected chi connectivity index (χ3v) is 3.38. The Morgan fingerprint density at radius 3 is 2.87 bits per heavy atom. The number of nitrogens with zero attached hydrogens (tertiary/aromatic N) is 3. The molecule has 0 bridgehead atoms. The van der Waals surface area contributed by atoms with Gasteiger partial charge in [0.05, 0.1) is 5.69 Å². The summed E-state index contributed by atoms with van der Waals surface area (Å²) in [4.78, 5) is 11.7. The van der Waals surface area contributed by atoms with E-state index in [1.54, 1.807) is 4.52 Å². The van der Waals surface area contributed by atoms with Crippen molar-refractivity contribution in [3.05, 3.63) is 54.2 Å².